The second-order valence-electron chi connectivity index (χ2n) is 4.53. The normalized spacial score (nSPS) is 15.8. The van der Waals surface area contributed by atoms with Crippen LogP contribution in [0.25, 0.3) is 0 Å². The van der Waals surface area contributed by atoms with Crippen molar-refractivity contribution in [2.24, 2.45) is 11.7 Å². The topological polar surface area (TPSA) is 46.2 Å². The lowest BCUT2D eigenvalue weighted by molar-refractivity contribution is -0.137. The van der Waals surface area contributed by atoms with Gasteiger partial charge < -0.3 is 10.8 Å². The van der Waals surface area contributed by atoms with E-state index in [0.29, 0.717) is 6.07 Å². The molecule has 2 nitrogen and oxygen atoms in total. The van der Waals surface area contributed by atoms with Crippen LogP contribution in [0, 0.1) is 11.7 Å². The van der Waals surface area contributed by atoms with Crippen LogP contribution in [0.1, 0.15) is 31.0 Å². The molecule has 0 amide bonds. The number of benzene rings is 1. The molecule has 0 spiro atoms. The van der Waals surface area contributed by atoms with Crippen molar-refractivity contribution in [2.45, 2.75) is 32.2 Å². The minimum Gasteiger partial charge on any atom is -0.391 e. The highest BCUT2D eigenvalue weighted by atomic mass is 19.4. The minimum atomic E-state index is -4.64. The van der Waals surface area contributed by atoms with Crippen molar-refractivity contribution in [3.05, 3.63) is 35.1 Å². The molecule has 0 aliphatic rings. The molecule has 0 fully saturated rings. The number of alkyl halides is 3. The third kappa shape index (κ3) is 3.43. The predicted octanol–water partition coefficient (Wildman–Crippen LogP) is 2.86. The number of aliphatic hydroxyl groups is 1. The van der Waals surface area contributed by atoms with Gasteiger partial charge in [0.1, 0.15) is 5.82 Å². The summed E-state index contributed by atoms with van der Waals surface area (Å²) in [5.41, 5.74) is 4.46. The molecule has 0 aliphatic carbocycles. The number of halogens is 4. The SMILES string of the molecule is CC(C)[C@H](O)[C@H](N)c1cc(F)cc(C(F)(F)F)c1. The first kappa shape index (κ1) is 14.9. The van der Waals surface area contributed by atoms with Crippen molar-refractivity contribution >= 4 is 0 Å². The number of rotatable bonds is 3. The Kier molecular flexibility index (Phi) is 4.34. The van der Waals surface area contributed by atoms with E-state index in [4.69, 9.17) is 5.73 Å². The van der Waals surface area contributed by atoms with Gasteiger partial charge in [-0.25, -0.2) is 4.39 Å². The largest absolute Gasteiger partial charge is 0.416 e. The summed E-state index contributed by atoms with van der Waals surface area (Å²) >= 11 is 0. The molecule has 2 atom stereocenters. The van der Waals surface area contributed by atoms with E-state index in [-0.39, 0.29) is 11.5 Å². The van der Waals surface area contributed by atoms with E-state index in [9.17, 15) is 22.7 Å². The van der Waals surface area contributed by atoms with Gasteiger partial charge in [0.2, 0.25) is 0 Å². The van der Waals surface area contributed by atoms with Crippen LogP contribution in [0.4, 0.5) is 17.6 Å². The van der Waals surface area contributed by atoms with Gasteiger partial charge in [-0.3, -0.25) is 0 Å². The minimum absolute atomic E-state index is 0.0662. The summed E-state index contributed by atoms with van der Waals surface area (Å²) in [5, 5.41) is 9.70. The van der Waals surface area contributed by atoms with Crippen LogP contribution in [0.5, 0.6) is 0 Å². The van der Waals surface area contributed by atoms with Crippen LogP contribution < -0.4 is 5.73 Å². The molecule has 0 heterocycles. The molecule has 102 valence electrons. The molecular formula is C12H15F4NO. The lowest BCUT2D eigenvalue weighted by Gasteiger charge is -2.23. The van der Waals surface area contributed by atoms with Crippen molar-refractivity contribution in [3.8, 4) is 0 Å². The summed E-state index contributed by atoms with van der Waals surface area (Å²) < 4.78 is 50.6. The van der Waals surface area contributed by atoms with Crippen LogP contribution in [-0.4, -0.2) is 11.2 Å². The summed E-state index contributed by atoms with van der Waals surface area (Å²) in [6.45, 7) is 3.35. The quantitative estimate of drug-likeness (QED) is 0.825. The second-order valence-corrected chi connectivity index (χ2v) is 4.53. The monoisotopic (exact) mass is 265 g/mol. The molecule has 0 unspecified atom stereocenters. The summed E-state index contributed by atoms with van der Waals surface area (Å²) in [7, 11) is 0. The van der Waals surface area contributed by atoms with E-state index in [2.05, 4.69) is 0 Å². The zero-order chi connectivity index (χ0) is 14.1. The van der Waals surface area contributed by atoms with E-state index in [1.165, 1.54) is 0 Å². The molecule has 1 aromatic carbocycles. The third-order valence-electron chi connectivity index (χ3n) is 2.68. The molecule has 0 saturated carbocycles. The van der Waals surface area contributed by atoms with Crippen LogP contribution >= 0.6 is 0 Å². The first-order valence-electron chi connectivity index (χ1n) is 5.44. The van der Waals surface area contributed by atoms with E-state index in [1.807, 2.05) is 0 Å². The number of aliphatic hydroxyl groups excluding tert-OH is 1. The van der Waals surface area contributed by atoms with Crippen molar-refractivity contribution in [1.29, 1.82) is 0 Å². The van der Waals surface area contributed by atoms with Crippen molar-refractivity contribution in [2.75, 3.05) is 0 Å². The molecule has 0 aromatic heterocycles. The highest BCUT2D eigenvalue weighted by molar-refractivity contribution is 5.29. The van der Waals surface area contributed by atoms with E-state index in [0.717, 1.165) is 12.1 Å². The maximum absolute atomic E-state index is 13.1. The van der Waals surface area contributed by atoms with Gasteiger partial charge in [0.05, 0.1) is 17.7 Å². The fourth-order valence-electron chi connectivity index (χ4n) is 1.58. The number of nitrogens with two attached hydrogens (primary N) is 1. The van der Waals surface area contributed by atoms with Gasteiger partial charge >= 0.3 is 6.18 Å². The molecule has 0 saturated heterocycles. The Morgan fingerprint density at radius 3 is 2.17 bits per heavy atom. The van der Waals surface area contributed by atoms with Crippen molar-refractivity contribution in [1.82, 2.24) is 0 Å². The molecule has 6 heteroatoms. The van der Waals surface area contributed by atoms with E-state index >= 15 is 0 Å². The lowest BCUT2D eigenvalue weighted by atomic mass is 9.93. The standard InChI is InChI=1S/C12H15F4NO/c1-6(2)11(18)10(17)7-3-8(12(14,15)16)5-9(13)4-7/h3-6,10-11,18H,17H2,1-2H3/t10-,11+/m1/s1. The molecule has 1 aromatic rings. The Balaban J connectivity index is 3.14. The van der Waals surface area contributed by atoms with E-state index in [1.54, 1.807) is 13.8 Å². The lowest BCUT2D eigenvalue weighted by Crippen LogP contribution is -2.30. The molecular weight excluding hydrogens is 250 g/mol. The Hall–Kier alpha value is -1.14. The fourth-order valence-corrected chi connectivity index (χ4v) is 1.58. The zero-order valence-corrected chi connectivity index (χ0v) is 10.0. The molecule has 18 heavy (non-hydrogen) atoms. The molecule has 0 radical (unpaired) electrons. The Morgan fingerprint density at radius 1 is 1.17 bits per heavy atom. The first-order valence-corrected chi connectivity index (χ1v) is 5.44. The van der Waals surface area contributed by atoms with Crippen LogP contribution in [0.2, 0.25) is 0 Å². The summed E-state index contributed by atoms with van der Waals surface area (Å²) in [6, 6.07) is 1.02. The maximum Gasteiger partial charge on any atom is 0.416 e. The average Bonchev–Trinajstić information content (AvgIpc) is 2.24. The van der Waals surface area contributed by atoms with Gasteiger partial charge in [-0.15, -0.1) is 0 Å². The number of hydrogen-bond donors (Lipinski definition) is 2. The second kappa shape index (κ2) is 5.24. The van der Waals surface area contributed by atoms with Crippen molar-refractivity contribution < 1.29 is 22.7 Å². The predicted molar refractivity (Wildman–Crippen MR) is 59.2 cm³/mol. The summed E-state index contributed by atoms with van der Waals surface area (Å²) in [6.07, 6.45) is -5.67. The summed E-state index contributed by atoms with van der Waals surface area (Å²) in [5.74, 6) is -1.26. The van der Waals surface area contributed by atoms with Crippen LogP contribution in [0.15, 0.2) is 18.2 Å². The van der Waals surface area contributed by atoms with Gasteiger partial charge in [0, 0.05) is 0 Å². The van der Waals surface area contributed by atoms with Gasteiger partial charge in [-0.05, 0) is 29.7 Å². The Morgan fingerprint density at radius 2 is 1.72 bits per heavy atom. The molecule has 0 aliphatic heterocycles. The highest BCUT2D eigenvalue weighted by Crippen LogP contribution is 2.32. The first-order chi connectivity index (χ1) is 8.12. The Bertz CT molecular complexity index is 417. The van der Waals surface area contributed by atoms with Crippen molar-refractivity contribution in [3.63, 3.8) is 0 Å². The van der Waals surface area contributed by atoms with Crippen LogP contribution in [0.3, 0.4) is 0 Å². The fraction of sp³-hybridized carbons (Fsp3) is 0.500. The van der Waals surface area contributed by atoms with Gasteiger partial charge in [0.25, 0.3) is 0 Å². The average molecular weight is 265 g/mol. The maximum atomic E-state index is 13.1. The number of hydrogen-bond acceptors (Lipinski definition) is 2. The highest BCUT2D eigenvalue weighted by Gasteiger charge is 2.32. The smallest absolute Gasteiger partial charge is 0.391 e. The summed E-state index contributed by atoms with van der Waals surface area (Å²) in [4.78, 5) is 0. The van der Waals surface area contributed by atoms with Gasteiger partial charge in [0.15, 0.2) is 0 Å². The van der Waals surface area contributed by atoms with Gasteiger partial charge in [-0.1, -0.05) is 13.8 Å². The van der Waals surface area contributed by atoms with E-state index < -0.39 is 29.7 Å². The Labute approximate surface area is 102 Å². The molecule has 3 N–H and O–H groups in total. The van der Waals surface area contributed by atoms with Crippen LogP contribution in [-0.2, 0) is 6.18 Å². The molecule has 1 rings (SSSR count). The zero-order valence-electron chi connectivity index (χ0n) is 10.0. The van der Waals surface area contributed by atoms with Gasteiger partial charge in [-0.2, -0.15) is 13.2 Å². The third-order valence-corrected chi connectivity index (χ3v) is 2.68. The molecule has 0 bridgehead atoms.